The van der Waals surface area contributed by atoms with Gasteiger partial charge in [-0.3, -0.25) is 4.90 Å². The summed E-state index contributed by atoms with van der Waals surface area (Å²) in [5.74, 6) is 0. The highest BCUT2D eigenvalue weighted by molar-refractivity contribution is 4.85. The van der Waals surface area contributed by atoms with Crippen molar-refractivity contribution in [3.8, 4) is 0 Å². The van der Waals surface area contributed by atoms with Crippen molar-refractivity contribution in [3.63, 3.8) is 0 Å². The van der Waals surface area contributed by atoms with Crippen LogP contribution >= 0.6 is 0 Å². The van der Waals surface area contributed by atoms with Crippen LogP contribution < -0.4 is 5.32 Å². The quantitative estimate of drug-likeness (QED) is 0.777. The van der Waals surface area contributed by atoms with Gasteiger partial charge < -0.3 is 10.2 Å². The van der Waals surface area contributed by atoms with Crippen molar-refractivity contribution in [1.29, 1.82) is 0 Å². The molecule has 0 amide bonds. The second-order valence-electron chi connectivity index (χ2n) is 5.28. The molecule has 0 aromatic heterocycles. The second-order valence-corrected chi connectivity index (χ2v) is 5.28. The average molecular weight is 225 g/mol. The summed E-state index contributed by atoms with van der Waals surface area (Å²) in [4.78, 5) is 5.30. The van der Waals surface area contributed by atoms with E-state index in [2.05, 4.69) is 29.1 Å². The van der Waals surface area contributed by atoms with E-state index in [1.807, 2.05) is 0 Å². The van der Waals surface area contributed by atoms with E-state index in [-0.39, 0.29) is 0 Å². The molecule has 1 aliphatic heterocycles. The van der Waals surface area contributed by atoms with Crippen LogP contribution in [0.2, 0.25) is 0 Å². The van der Waals surface area contributed by atoms with E-state index in [1.54, 1.807) is 0 Å². The van der Waals surface area contributed by atoms with Crippen molar-refractivity contribution in [1.82, 2.24) is 15.1 Å². The molecule has 3 nitrogen and oxygen atoms in total. The van der Waals surface area contributed by atoms with Gasteiger partial charge in [0.05, 0.1) is 0 Å². The van der Waals surface area contributed by atoms with Gasteiger partial charge in [0.25, 0.3) is 0 Å². The molecule has 16 heavy (non-hydrogen) atoms. The highest BCUT2D eigenvalue weighted by Crippen LogP contribution is 2.23. The predicted molar refractivity (Wildman–Crippen MR) is 68.8 cm³/mol. The number of hydrogen-bond donors (Lipinski definition) is 1. The Labute approximate surface area is 100 Å². The van der Waals surface area contributed by atoms with Gasteiger partial charge in [-0.15, -0.1) is 0 Å². The van der Waals surface area contributed by atoms with Crippen LogP contribution in [0.25, 0.3) is 0 Å². The molecule has 1 aliphatic carbocycles. The number of nitrogens with one attached hydrogen (secondary N) is 1. The third-order valence-electron chi connectivity index (χ3n) is 4.43. The van der Waals surface area contributed by atoms with Crippen LogP contribution in [0.5, 0.6) is 0 Å². The van der Waals surface area contributed by atoms with Gasteiger partial charge in [0.1, 0.15) is 0 Å². The zero-order valence-electron chi connectivity index (χ0n) is 10.9. The van der Waals surface area contributed by atoms with Gasteiger partial charge in [0, 0.05) is 38.3 Å². The van der Waals surface area contributed by atoms with E-state index in [9.17, 15) is 0 Å². The van der Waals surface area contributed by atoms with Crippen molar-refractivity contribution in [3.05, 3.63) is 0 Å². The van der Waals surface area contributed by atoms with E-state index in [0.29, 0.717) is 0 Å². The molecule has 2 rings (SSSR count). The van der Waals surface area contributed by atoms with E-state index in [0.717, 1.165) is 12.1 Å². The van der Waals surface area contributed by atoms with Crippen LogP contribution in [0.4, 0.5) is 0 Å². The molecule has 2 atom stereocenters. The van der Waals surface area contributed by atoms with Crippen molar-refractivity contribution in [2.24, 2.45) is 0 Å². The molecule has 1 saturated carbocycles. The lowest BCUT2D eigenvalue weighted by molar-refractivity contribution is 0.0750. The summed E-state index contributed by atoms with van der Waals surface area (Å²) < 4.78 is 0. The predicted octanol–water partition coefficient (Wildman–Crippen LogP) is 1.15. The molecule has 0 spiro atoms. The summed E-state index contributed by atoms with van der Waals surface area (Å²) in [7, 11) is 2.11. The van der Waals surface area contributed by atoms with Crippen LogP contribution in [0.3, 0.4) is 0 Å². The lowest BCUT2D eigenvalue weighted by Gasteiger charge is -2.42. The fourth-order valence-corrected chi connectivity index (χ4v) is 3.20. The van der Waals surface area contributed by atoms with Crippen LogP contribution in [0.15, 0.2) is 0 Å². The lowest BCUT2D eigenvalue weighted by atomic mass is 9.89. The fourth-order valence-electron chi connectivity index (χ4n) is 3.20. The van der Waals surface area contributed by atoms with E-state index < -0.39 is 0 Å². The van der Waals surface area contributed by atoms with Crippen LogP contribution in [0.1, 0.15) is 32.6 Å². The summed E-state index contributed by atoms with van der Waals surface area (Å²) in [5, 5.41) is 3.46. The lowest BCUT2D eigenvalue weighted by Crippen LogP contribution is -2.52. The zero-order valence-corrected chi connectivity index (χ0v) is 10.9. The smallest absolute Gasteiger partial charge is 0.0113 e. The molecule has 0 bridgehead atoms. The molecule has 0 radical (unpaired) electrons. The molecular formula is C13H27N3. The van der Waals surface area contributed by atoms with E-state index >= 15 is 0 Å². The van der Waals surface area contributed by atoms with Crippen molar-refractivity contribution >= 4 is 0 Å². The molecular weight excluding hydrogens is 198 g/mol. The molecule has 1 N–H and O–H groups in total. The van der Waals surface area contributed by atoms with Crippen molar-refractivity contribution in [2.75, 3.05) is 39.8 Å². The molecule has 1 heterocycles. The molecule has 0 aromatic rings. The first-order valence-electron chi connectivity index (χ1n) is 6.97. The standard InChI is InChI=1S/C13H27N3/c1-3-15-7-9-16(10-8-15)13-6-4-5-12(11-13)14-2/h12-14H,3-11H2,1-2H3. The Hall–Kier alpha value is -0.120. The summed E-state index contributed by atoms with van der Waals surface area (Å²) in [6.07, 6.45) is 5.57. The van der Waals surface area contributed by atoms with Crippen molar-refractivity contribution < 1.29 is 0 Å². The monoisotopic (exact) mass is 225 g/mol. The normalized spacial score (nSPS) is 34.1. The molecule has 2 aliphatic rings. The third-order valence-corrected chi connectivity index (χ3v) is 4.43. The van der Waals surface area contributed by atoms with Gasteiger partial charge in [-0.2, -0.15) is 0 Å². The van der Waals surface area contributed by atoms with Crippen LogP contribution in [-0.4, -0.2) is 61.7 Å². The highest BCUT2D eigenvalue weighted by Gasteiger charge is 2.27. The topological polar surface area (TPSA) is 18.5 Å². The van der Waals surface area contributed by atoms with Gasteiger partial charge >= 0.3 is 0 Å². The molecule has 2 fully saturated rings. The molecule has 1 saturated heterocycles. The zero-order chi connectivity index (χ0) is 11.4. The largest absolute Gasteiger partial charge is 0.317 e. The van der Waals surface area contributed by atoms with Crippen LogP contribution in [0, 0.1) is 0 Å². The fraction of sp³-hybridized carbons (Fsp3) is 1.00. The maximum Gasteiger partial charge on any atom is 0.0113 e. The number of rotatable bonds is 3. The Morgan fingerprint density at radius 1 is 1.12 bits per heavy atom. The number of nitrogens with zero attached hydrogens (tertiary/aromatic N) is 2. The molecule has 0 aromatic carbocycles. The third kappa shape index (κ3) is 2.96. The van der Waals surface area contributed by atoms with Gasteiger partial charge in [-0.05, 0) is 32.9 Å². The summed E-state index contributed by atoms with van der Waals surface area (Å²) in [6.45, 7) is 8.61. The Morgan fingerprint density at radius 3 is 2.50 bits per heavy atom. The van der Waals surface area contributed by atoms with Gasteiger partial charge in [-0.1, -0.05) is 13.3 Å². The minimum absolute atomic E-state index is 0.767. The first-order valence-corrected chi connectivity index (χ1v) is 6.97. The van der Waals surface area contributed by atoms with Gasteiger partial charge in [-0.25, -0.2) is 0 Å². The van der Waals surface area contributed by atoms with Gasteiger partial charge in [0.15, 0.2) is 0 Å². The van der Waals surface area contributed by atoms with Crippen molar-refractivity contribution in [2.45, 2.75) is 44.7 Å². The maximum absolute atomic E-state index is 3.46. The highest BCUT2D eigenvalue weighted by atomic mass is 15.3. The minimum atomic E-state index is 0.767. The maximum atomic E-state index is 3.46. The van der Waals surface area contributed by atoms with E-state index in [1.165, 1.54) is 58.4 Å². The second kappa shape index (κ2) is 5.99. The SMILES string of the molecule is CCN1CCN(C2CCCC(NC)C2)CC1. The van der Waals surface area contributed by atoms with Gasteiger partial charge in [0.2, 0.25) is 0 Å². The Bertz CT molecular complexity index is 199. The summed E-state index contributed by atoms with van der Waals surface area (Å²) in [6, 6.07) is 1.62. The number of piperazine rings is 1. The summed E-state index contributed by atoms with van der Waals surface area (Å²) >= 11 is 0. The summed E-state index contributed by atoms with van der Waals surface area (Å²) in [5.41, 5.74) is 0. The average Bonchev–Trinajstić information content (AvgIpc) is 2.39. The Kier molecular flexibility index (Phi) is 4.62. The minimum Gasteiger partial charge on any atom is -0.317 e. The van der Waals surface area contributed by atoms with E-state index in [4.69, 9.17) is 0 Å². The number of hydrogen-bond acceptors (Lipinski definition) is 3. The molecule has 3 heteroatoms. The first-order chi connectivity index (χ1) is 7.83. The molecule has 94 valence electrons. The van der Waals surface area contributed by atoms with Crippen LogP contribution in [-0.2, 0) is 0 Å². The number of likely N-dealkylation sites (N-methyl/N-ethyl adjacent to an activating group) is 1. The first kappa shape index (κ1) is 12.3. The Balaban J connectivity index is 1.79. The molecule has 2 unspecified atom stereocenters. The Morgan fingerprint density at radius 2 is 1.88 bits per heavy atom.